The molecule has 0 aromatic rings. The minimum Gasteiger partial charge on any atom is -0.340 e. The van der Waals surface area contributed by atoms with Crippen molar-refractivity contribution in [3.8, 4) is 0 Å². The van der Waals surface area contributed by atoms with Crippen LogP contribution in [-0.2, 0) is 4.79 Å². The predicted molar refractivity (Wildman–Crippen MR) is 45.2 cm³/mol. The summed E-state index contributed by atoms with van der Waals surface area (Å²) in [6.07, 6.45) is 2.53. The van der Waals surface area contributed by atoms with E-state index < -0.39 is 0 Å². The van der Waals surface area contributed by atoms with Gasteiger partial charge in [0.25, 0.3) is 0 Å². The zero-order valence-electron chi connectivity index (χ0n) is 7.21. The van der Waals surface area contributed by atoms with Crippen LogP contribution in [0.2, 0.25) is 0 Å². The Morgan fingerprint density at radius 1 is 1.73 bits per heavy atom. The molecule has 1 rings (SSSR count). The van der Waals surface area contributed by atoms with Crippen LogP contribution in [0.4, 0.5) is 0 Å². The highest BCUT2D eigenvalue weighted by Crippen LogP contribution is 2.20. The topological polar surface area (TPSA) is 20.3 Å². The smallest absolute Gasteiger partial charge is 0.223 e. The van der Waals surface area contributed by atoms with Gasteiger partial charge in [0.1, 0.15) is 0 Å². The van der Waals surface area contributed by atoms with Crippen LogP contribution >= 0.6 is 0 Å². The van der Waals surface area contributed by atoms with E-state index in [2.05, 4.69) is 6.58 Å². The molecule has 0 aliphatic carbocycles. The van der Waals surface area contributed by atoms with Crippen molar-refractivity contribution in [1.82, 2.24) is 4.90 Å². The molecule has 0 N–H and O–H groups in total. The van der Waals surface area contributed by atoms with Crippen LogP contribution in [0, 0.1) is 5.92 Å². The van der Waals surface area contributed by atoms with Gasteiger partial charge in [0, 0.05) is 24.9 Å². The fourth-order valence-electron chi connectivity index (χ4n) is 1.42. The van der Waals surface area contributed by atoms with Crippen molar-refractivity contribution in [2.45, 2.75) is 26.3 Å². The zero-order valence-corrected chi connectivity index (χ0v) is 7.21. The van der Waals surface area contributed by atoms with E-state index in [1.165, 1.54) is 0 Å². The third-order valence-electron chi connectivity index (χ3n) is 2.15. The summed E-state index contributed by atoms with van der Waals surface area (Å²) in [4.78, 5) is 13.2. The summed E-state index contributed by atoms with van der Waals surface area (Å²) < 4.78 is 0. The third kappa shape index (κ3) is 1.62. The molecule has 1 heterocycles. The first-order valence-electron chi connectivity index (χ1n) is 4.07. The molecule has 1 saturated heterocycles. The minimum absolute atomic E-state index is 0.268. The van der Waals surface area contributed by atoms with Crippen molar-refractivity contribution in [3.05, 3.63) is 12.7 Å². The van der Waals surface area contributed by atoms with E-state index in [9.17, 15) is 4.79 Å². The first kappa shape index (κ1) is 8.31. The first-order chi connectivity index (χ1) is 5.15. The standard InChI is InChI=1S/C9H15NO/c1-4-8-5-9(11)10(6-8)7(2)3/h4,7-8H,1,5-6H2,2-3H3. The highest BCUT2D eigenvalue weighted by molar-refractivity contribution is 5.79. The highest BCUT2D eigenvalue weighted by atomic mass is 16.2. The zero-order chi connectivity index (χ0) is 8.43. The molecule has 1 fully saturated rings. The monoisotopic (exact) mass is 153 g/mol. The maximum Gasteiger partial charge on any atom is 0.223 e. The molecule has 1 atom stereocenters. The minimum atomic E-state index is 0.268. The Morgan fingerprint density at radius 2 is 2.36 bits per heavy atom. The summed E-state index contributed by atoms with van der Waals surface area (Å²) in [7, 11) is 0. The van der Waals surface area contributed by atoms with Crippen LogP contribution in [-0.4, -0.2) is 23.4 Å². The lowest BCUT2D eigenvalue weighted by Crippen LogP contribution is -2.31. The molecule has 2 nitrogen and oxygen atoms in total. The number of hydrogen-bond acceptors (Lipinski definition) is 1. The van der Waals surface area contributed by atoms with E-state index in [0.717, 1.165) is 6.54 Å². The molecule has 0 aromatic heterocycles. The van der Waals surface area contributed by atoms with Gasteiger partial charge in [-0.25, -0.2) is 0 Å². The van der Waals surface area contributed by atoms with Crippen molar-refractivity contribution in [1.29, 1.82) is 0 Å². The largest absolute Gasteiger partial charge is 0.340 e. The number of nitrogens with zero attached hydrogens (tertiary/aromatic N) is 1. The van der Waals surface area contributed by atoms with Gasteiger partial charge in [0.05, 0.1) is 0 Å². The van der Waals surface area contributed by atoms with Gasteiger partial charge in [-0.3, -0.25) is 4.79 Å². The van der Waals surface area contributed by atoms with Crippen LogP contribution in [0.3, 0.4) is 0 Å². The summed E-state index contributed by atoms with van der Waals surface area (Å²) in [5.41, 5.74) is 0. The average Bonchev–Trinajstić information content (AvgIpc) is 2.30. The van der Waals surface area contributed by atoms with E-state index in [0.29, 0.717) is 18.4 Å². The summed E-state index contributed by atoms with van der Waals surface area (Å²) in [6.45, 7) is 8.64. The van der Waals surface area contributed by atoms with Crippen LogP contribution in [0.25, 0.3) is 0 Å². The first-order valence-corrected chi connectivity index (χ1v) is 4.07. The van der Waals surface area contributed by atoms with E-state index in [1.807, 2.05) is 24.8 Å². The van der Waals surface area contributed by atoms with E-state index in [1.54, 1.807) is 0 Å². The Labute approximate surface area is 67.9 Å². The number of likely N-dealkylation sites (tertiary alicyclic amines) is 1. The molecular formula is C9H15NO. The summed E-state index contributed by atoms with van der Waals surface area (Å²) in [5, 5.41) is 0. The molecule has 0 spiro atoms. The Kier molecular flexibility index (Phi) is 2.32. The second-order valence-electron chi connectivity index (χ2n) is 3.34. The third-order valence-corrected chi connectivity index (χ3v) is 2.15. The molecule has 1 amide bonds. The number of rotatable bonds is 2. The van der Waals surface area contributed by atoms with Crippen molar-refractivity contribution in [3.63, 3.8) is 0 Å². The van der Waals surface area contributed by atoms with E-state index in [4.69, 9.17) is 0 Å². The number of carbonyl (C=O) groups excluding carboxylic acids is 1. The molecule has 62 valence electrons. The lowest BCUT2D eigenvalue weighted by molar-refractivity contribution is -0.129. The summed E-state index contributed by atoms with van der Waals surface area (Å²) in [6, 6.07) is 0.340. The fourth-order valence-corrected chi connectivity index (χ4v) is 1.42. The molecular weight excluding hydrogens is 138 g/mol. The van der Waals surface area contributed by atoms with Crippen molar-refractivity contribution in [2.24, 2.45) is 5.92 Å². The van der Waals surface area contributed by atoms with Gasteiger partial charge in [0.15, 0.2) is 0 Å². The Bertz CT molecular complexity index is 174. The highest BCUT2D eigenvalue weighted by Gasteiger charge is 2.28. The lowest BCUT2D eigenvalue weighted by atomic mass is 10.1. The van der Waals surface area contributed by atoms with E-state index in [-0.39, 0.29) is 5.91 Å². The SMILES string of the molecule is C=CC1CC(=O)N(C(C)C)C1. The molecule has 0 aromatic carbocycles. The lowest BCUT2D eigenvalue weighted by Gasteiger charge is -2.20. The van der Waals surface area contributed by atoms with Crippen LogP contribution in [0.5, 0.6) is 0 Å². The fraction of sp³-hybridized carbons (Fsp3) is 0.667. The van der Waals surface area contributed by atoms with Crippen molar-refractivity contribution < 1.29 is 4.79 Å². The van der Waals surface area contributed by atoms with Gasteiger partial charge < -0.3 is 4.90 Å². The van der Waals surface area contributed by atoms with Crippen LogP contribution in [0.15, 0.2) is 12.7 Å². The van der Waals surface area contributed by atoms with Gasteiger partial charge in [-0.05, 0) is 13.8 Å². The van der Waals surface area contributed by atoms with Crippen LogP contribution < -0.4 is 0 Å². The van der Waals surface area contributed by atoms with E-state index >= 15 is 0 Å². The van der Waals surface area contributed by atoms with Gasteiger partial charge in [-0.2, -0.15) is 0 Å². The molecule has 2 heteroatoms. The summed E-state index contributed by atoms with van der Waals surface area (Å²) >= 11 is 0. The summed E-state index contributed by atoms with van der Waals surface area (Å²) in [5.74, 6) is 0.648. The molecule has 0 saturated carbocycles. The number of carbonyl (C=O) groups is 1. The van der Waals surface area contributed by atoms with Gasteiger partial charge in [0.2, 0.25) is 5.91 Å². The molecule has 0 bridgehead atoms. The molecule has 11 heavy (non-hydrogen) atoms. The van der Waals surface area contributed by atoms with Gasteiger partial charge >= 0.3 is 0 Å². The van der Waals surface area contributed by atoms with Gasteiger partial charge in [-0.1, -0.05) is 6.08 Å². The second-order valence-corrected chi connectivity index (χ2v) is 3.34. The van der Waals surface area contributed by atoms with Crippen LogP contribution in [0.1, 0.15) is 20.3 Å². The van der Waals surface area contributed by atoms with Crippen molar-refractivity contribution >= 4 is 5.91 Å². The number of amides is 1. The van der Waals surface area contributed by atoms with Gasteiger partial charge in [-0.15, -0.1) is 6.58 Å². The molecule has 1 aliphatic rings. The maximum atomic E-state index is 11.3. The second kappa shape index (κ2) is 3.07. The number of hydrogen-bond donors (Lipinski definition) is 0. The maximum absolute atomic E-state index is 11.3. The Balaban J connectivity index is 2.58. The quantitative estimate of drug-likeness (QED) is 0.549. The molecule has 1 aliphatic heterocycles. The Hall–Kier alpha value is -0.790. The predicted octanol–water partition coefficient (Wildman–Crippen LogP) is 1.43. The Morgan fingerprint density at radius 3 is 2.64 bits per heavy atom. The normalized spacial score (nSPS) is 24.8. The average molecular weight is 153 g/mol. The molecule has 1 unspecified atom stereocenters. The molecule has 0 radical (unpaired) electrons. The van der Waals surface area contributed by atoms with Crippen molar-refractivity contribution in [2.75, 3.05) is 6.54 Å².